The molecule has 4 aromatic carbocycles. The van der Waals surface area contributed by atoms with Crippen molar-refractivity contribution in [3.8, 4) is 0 Å². The van der Waals surface area contributed by atoms with Crippen LogP contribution in [0.2, 0.25) is 0 Å². The van der Waals surface area contributed by atoms with E-state index >= 15 is 0 Å². The van der Waals surface area contributed by atoms with E-state index in [1.807, 2.05) is 0 Å². The third kappa shape index (κ3) is 3.01. The zero-order chi connectivity index (χ0) is 20.6. The van der Waals surface area contributed by atoms with Crippen LogP contribution in [0, 0.1) is 0 Å². The molecule has 0 saturated carbocycles. The second-order valence-electron chi connectivity index (χ2n) is 6.00. The highest BCUT2D eigenvalue weighted by atomic mass is 35.7. The largest absolute Gasteiger partial charge is 0.263 e. The van der Waals surface area contributed by atoms with Crippen LogP contribution >= 0.6 is 32.0 Å². The van der Waals surface area contributed by atoms with Crippen LogP contribution in [-0.4, -0.2) is 25.3 Å². The van der Waals surface area contributed by atoms with Gasteiger partial charge in [0.25, 0.3) is 27.2 Å². The Kier molecular flexibility index (Phi) is 4.32. The molecule has 12 heteroatoms. The molecule has 0 aliphatic carbocycles. The molecule has 0 N–H and O–H groups in total. The number of benzene rings is 4. The van der Waals surface area contributed by atoms with Crippen molar-refractivity contribution in [2.45, 2.75) is 14.7 Å². The Morgan fingerprint density at radius 3 is 1.61 bits per heavy atom. The van der Waals surface area contributed by atoms with Crippen molar-refractivity contribution in [2.24, 2.45) is 0 Å². The molecule has 4 rings (SSSR count). The van der Waals surface area contributed by atoms with Crippen molar-refractivity contribution in [3.05, 3.63) is 42.5 Å². The average molecular weight is 498 g/mol. The Morgan fingerprint density at radius 1 is 0.536 bits per heavy atom. The minimum absolute atomic E-state index is 0.00828. The Balaban J connectivity index is 2.40. The van der Waals surface area contributed by atoms with Gasteiger partial charge in [0.1, 0.15) is 9.79 Å². The lowest BCUT2D eigenvalue weighted by atomic mass is 9.94. The summed E-state index contributed by atoms with van der Waals surface area (Å²) in [6, 6.07) is 9.84. The normalized spacial score (nSPS) is 13.7. The molecule has 0 spiro atoms. The highest BCUT2D eigenvalue weighted by molar-refractivity contribution is 8.16. The number of hydrogen-bond acceptors (Lipinski definition) is 6. The molecular weight excluding hydrogens is 491 g/mol. The summed E-state index contributed by atoms with van der Waals surface area (Å²) in [5.41, 5.74) is 0. The van der Waals surface area contributed by atoms with E-state index in [1.54, 1.807) is 0 Å². The molecule has 4 aromatic rings. The van der Waals surface area contributed by atoms with Gasteiger partial charge < -0.3 is 0 Å². The standard InChI is InChI=1S/C16H7Cl3O6S3/c17-26(20,21)12-6-3-8-1-5-11-15-9(2-4-10(12)14(8)15)7-13(27(18,22)23)16(11)28(19,24)25/h1-7H. The molecule has 0 aliphatic heterocycles. The average Bonchev–Trinajstić information content (AvgIpc) is 2.55. The fraction of sp³-hybridized carbons (Fsp3) is 0. The topological polar surface area (TPSA) is 102 Å². The zero-order valence-electron chi connectivity index (χ0n) is 13.3. The number of hydrogen-bond donors (Lipinski definition) is 0. The summed E-state index contributed by atoms with van der Waals surface area (Å²) in [6.07, 6.45) is 0. The summed E-state index contributed by atoms with van der Waals surface area (Å²) in [6.45, 7) is 0. The predicted octanol–water partition coefficient (Wildman–Crippen LogP) is 4.37. The summed E-state index contributed by atoms with van der Waals surface area (Å²) in [4.78, 5) is -1.47. The summed E-state index contributed by atoms with van der Waals surface area (Å²) < 4.78 is 72.3. The second-order valence-corrected chi connectivity index (χ2v) is 13.6. The van der Waals surface area contributed by atoms with E-state index < -0.39 is 36.9 Å². The van der Waals surface area contributed by atoms with Gasteiger partial charge in [0.05, 0.1) is 4.90 Å². The van der Waals surface area contributed by atoms with E-state index in [4.69, 9.17) is 32.0 Å². The first-order chi connectivity index (χ1) is 12.8. The van der Waals surface area contributed by atoms with Gasteiger partial charge in [0.2, 0.25) is 0 Å². The molecule has 0 saturated heterocycles. The van der Waals surface area contributed by atoms with E-state index in [0.29, 0.717) is 21.5 Å². The van der Waals surface area contributed by atoms with Gasteiger partial charge in [-0.3, -0.25) is 0 Å². The second kappa shape index (κ2) is 6.07. The molecule has 0 aliphatic rings. The molecule has 28 heavy (non-hydrogen) atoms. The molecule has 0 radical (unpaired) electrons. The van der Waals surface area contributed by atoms with Gasteiger partial charge in [-0.05, 0) is 33.7 Å². The van der Waals surface area contributed by atoms with Gasteiger partial charge in [-0.25, -0.2) is 25.3 Å². The van der Waals surface area contributed by atoms with Gasteiger partial charge in [0, 0.05) is 42.8 Å². The van der Waals surface area contributed by atoms with E-state index in [1.165, 1.54) is 36.4 Å². The van der Waals surface area contributed by atoms with Crippen LogP contribution in [-0.2, 0) is 27.2 Å². The Bertz CT molecular complexity index is 1630. The molecule has 146 valence electrons. The van der Waals surface area contributed by atoms with Crippen molar-refractivity contribution in [1.82, 2.24) is 0 Å². The Hall–Kier alpha value is -1.36. The third-order valence-electron chi connectivity index (χ3n) is 4.43. The van der Waals surface area contributed by atoms with Crippen LogP contribution in [0.3, 0.4) is 0 Å². The van der Waals surface area contributed by atoms with Gasteiger partial charge in [-0.15, -0.1) is 0 Å². The maximum atomic E-state index is 12.2. The van der Waals surface area contributed by atoms with Crippen LogP contribution in [0.15, 0.2) is 57.2 Å². The van der Waals surface area contributed by atoms with E-state index in [0.717, 1.165) is 6.07 Å². The van der Waals surface area contributed by atoms with Crippen molar-refractivity contribution in [2.75, 3.05) is 0 Å². The van der Waals surface area contributed by atoms with Crippen LogP contribution in [0.25, 0.3) is 32.3 Å². The van der Waals surface area contributed by atoms with E-state index in [9.17, 15) is 25.3 Å². The van der Waals surface area contributed by atoms with Gasteiger partial charge in [-0.2, -0.15) is 0 Å². The molecule has 0 unspecified atom stereocenters. The predicted molar refractivity (Wildman–Crippen MR) is 109 cm³/mol. The van der Waals surface area contributed by atoms with E-state index in [2.05, 4.69) is 0 Å². The first-order valence-electron chi connectivity index (χ1n) is 7.38. The fourth-order valence-electron chi connectivity index (χ4n) is 3.44. The molecule has 0 bridgehead atoms. The molecule has 0 atom stereocenters. The number of halogens is 3. The molecule has 0 aromatic heterocycles. The zero-order valence-corrected chi connectivity index (χ0v) is 18.1. The van der Waals surface area contributed by atoms with Crippen molar-refractivity contribution in [1.29, 1.82) is 0 Å². The van der Waals surface area contributed by atoms with Crippen LogP contribution in [0.1, 0.15) is 0 Å². The minimum Gasteiger partial charge on any atom is -0.207 e. The molecule has 6 nitrogen and oxygen atoms in total. The summed E-state index contributed by atoms with van der Waals surface area (Å²) in [5.74, 6) is 0. The summed E-state index contributed by atoms with van der Waals surface area (Å²) >= 11 is 0. The lowest BCUT2D eigenvalue weighted by Gasteiger charge is -2.16. The first-order valence-corrected chi connectivity index (χ1v) is 14.3. The van der Waals surface area contributed by atoms with Crippen molar-refractivity contribution < 1.29 is 25.3 Å². The maximum Gasteiger partial charge on any atom is 0.263 e. The molecule has 0 heterocycles. The molecule has 0 fully saturated rings. The van der Waals surface area contributed by atoms with E-state index in [-0.39, 0.29) is 15.7 Å². The molecular formula is C16H7Cl3O6S3. The van der Waals surface area contributed by atoms with Crippen molar-refractivity contribution >= 4 is 91.5 Å². The fourth-order valence-corrected chi connectivity index (χ4v) is 7.64. The smallest absolute Gasteiger partial charge is 0.207 e. The minimum atomic E-state index is -4.52. The van der Waals surface area contributed by atoms with Crippen molar-refractivity contribution in [3.63, 3.8) is 0 Å². The Labute approximate surface area is 173 Å². The number of rotatable bonds is 3. The van der Waals surface area contributed by atoms with Gasteiger partial charge in [-0.1, -0.05) is 30.3 Å². The maximum absolute atomic E-state index is 12.2. The molecule has 0 amide bonds. The van der Waals surface area contributed by atoms with Crippen LogP contribution < -0.4 is 0 Å². The lowest BCUT2D eigenvalue weighted by molar-refractivity contribution is 0.598. The van der Waals surface area contributed by atoms with Gasteiger partial charge in [0.15, 0.2) is 0 Å². The SMILES string of the molecule is O=S(=O)(Cl)c1cc2ccc3c(S(=O)(=O)Cl)ccc4ccc(c1S(=O)(=O)Cl)c2c43. The quantitative estimate of drug-likeness (QED) is 0.308. The summed E-state index contributed by atoms with van der Waals surface area (Å²) in [7, 11) is 3.45. The monoisotopic (exact) mass is 496 g/mol. The third-order valence-corrected chi connectivity index (χ3v) is 8.67. The highest BCUT2D eigenvalue weighted by Gasteiger charge is 2.29. The Morgan fingerprint density at radius 2 is 1.04 bits per heavy atom. The van der Waals surface area contributed by atoms with Crippen LogP contribution in [0.4, 0.5) is 0 Å². The first kappa shape index (κ1) is 19.9. The summed E-state index contributed by atoms with van der Waals surface area (Å²) in [5, 5.41) is 1.98. The van der Waals surface area contributed by atoms with Gasteiger partial charge >= 0.3 is 0 Å². The lowest BCUT2D eigenvalue weighted by Crippen LogP contribution is -2.04. The van der Waals surface area contributed by atoms with Crippen LogP contribution in [0.5, 0.6) is 0 Å². The highest BCUT2D eigenvalue weighted by Crippen LogP contribution is 2.43.